The van der Waals surface area contributed by atoms with Gasteiger partial charge in [0.25, 0.3) is 0 Å². The zero-order valence-electron chi connectivity index (χ0n) is 21.1. The van der Waals surface area contributed by atoms with E-state index in [1.165, 1.54) is 7.11 Å². The number of phenols is 2. The molecule has 0 amide bonds. The molecule has 1 aliphatic heterocycles. The number of methoxy groups -OCH3 is 1. The molecule has 0 saturated carbocycles. The normalized spacial score (nSPS) is 30.4. The Labute approximate surface area is 218 Å². The first-order valence-electron chi connectivity index (χ1n) is 12.5. The van der Waals surface area contributed by atoms with Gasteiger partial charge < -0.3 is 45.5 Å². The topological polar surface area (TPSA) is 196 Å². The van der Waals surface area contributed by atoms with Gasteiger partial charge in [0.05, 0.1) is 53.4 Å². The largest absolute Gasteiger partial charge is 0.507 e. The van der Waals surface area contributed by atoms with Crippen LogP contribution in [0.15, 0.2) is 18.2 Å². The number of aliphatic hydroxyl groups is 3. The minimum atomic E-state index is -1.52. The first-order valence-corrected chi connectivity index (χ1v) is 12.5. The fourth-order valence-corrected chi connectivity index (χ4v) is 5.91. The Hall–Kier alpha value is -3.06. The lowest BCUT2D eigenvalue weighted by atomic mass is 9.72. The van der Waals surface area contributed by atoms with Gasteiger partial charge in [-0.25, -0.2) is 0 Å². The Kier molecular flexibility index (Phi) is 6.70. The van der Waals surface area contributed by atoms with Crippen LogP contribution >= 0.6 is 0 Å². The highest BCUT2D eigenvalue weighted by molar-refractivity contribution is 6.32. The quantitative estimate of drug-likeness (QED) is 0.235. The molecule has 0 aromatic heterocycles. The molecule has 3 aliphatic rings. The summed E-state index contributed by atoms with van der Waals surface area (Å²) in [7, 11) is 1.39. The van der Waals surface area contributed by atoms with E-state index in [1.807, 2.05) is 0 Å². The molecule has 204 valence electrons. The van der Waals surface area contributed by atoms with Gasteiger partial charge in [0.2, 0.25) is 5.78 Å². The molecular weight excluding hydrogens is 496 g/mol. The zero-order chi connectivity index (χ0) is 27.5. The molecule has 1 fully saturated rings. The third-order valence-corrected chi connectivity index (χ3v) is 7.85. The Balaban J connectivity index is 1.66. The number of hydrogen-bond acceptors (Lipinski definition) is 11. The maximum atomic E-state index is 13.7. The van der Waals surface area contributed by atoms with Gasteiger partial charge in [0.1, 0.15) is 17.2 Å². The lowest BCUT2D eigenvalue weighted by molar-refractivity contribution is -0.248. The number of fused-ring (bicyclic) bond motifs is 3. The van der Waals surface area contributed by atoms with Crippen LogP contribution in [0.2, 0.25) is 0 Å². The number of ketones is 1. The van der Waals surface area contributed by atoms with Crippen LogP contribution in [0.3, 0.4) is 0 Å². The van der Waals surface area contributed by atoms with Crippen LogP contribution in [0.25, 0.3) is 0 Å². The first kappa shape index (κ1) is 26.5. The standard InChI is InChI=1S/C27H32N2O9/c1-11-23(31)14(28)8-17(37-11)38-16-10-27(35,6-7-30)9-13-19(16)26(34)21-20(24(13)32)22(29)12-4-3-5-15(36-2)18(12)25(21)33/h3-5,11,14,16-17,23,29-32,34-35H,6-10,28H2,1-2H3/t11-,14-,16-,17-,23-,27-/m0/s1. The van der Waals surface area contributed by atoms with Crippen molar-refractivity contribution in [2.75, 3.05) is 13.7 Å². The maximum Gasteiger partial charge on any atom is 0.202 e. The van der Waals surface area contributed by atoms with Gasteiger partial charge in [-0.2, -0.15) is 0 Å². The van der Waals surface area contributed by atoms with Crippen LogP contribution < -0.4 is 10.5 Å². The first-order chi connectivity index (χ1) is 18.0. The molecular formula is C27H32N2O9. The molecule has 1 saturated heterocycles. The van der Waals surface area contributed by atoms with E-state index in [2.05, 4.69) is 0 Å². The second-order valence-electron chi connectivity index (χ2n) is 10.3. The molecule has 5 rings (SSSR count). The number of benzene rings is 2. The van der Waals surface area contributed by atoms with E-state index in [-0.39, 0.29) is 77.1 Å². The van der Waals surface area contributed by atoms with Crippen molar-refractivity contribution in [1.82, 2.24) is 0 Å². The summed E-state index contributed by atoms with van der Waals surface area (Å²) in [5.41, 5.74) is 4.50. The minimum absolute atomic E-state index is 0.0415. The van der Waals surface area contributed by atoms with Crippen molar-refractivity contribution >= 4 is 11.5 Å². The summed E-state index contributed by atoms with van der Waals surface area (Å²) in [5.74, 6) is -1.29. The second kappa shape index (κ2) is 9.60. The average molecular weight is 529 g/mol. The molecule has 1 heterocycles. The lowest BCUT2D eigenvalue weighted by Gasteiger charge is -2.43. The number of rotatable bonds is 5. The molecule has 2 aliphatic carbocycles. The Bertz CT molecular complexity index is 1300. The smallest absolute Gasteiger partial charge is 0.202 e. The Morgan fingerprint density at radius 1 is 1.21 bits per heavy atom. The molecule has 2 aromatic rings. The molecule has 6 atom stereocenters. The predicted octanol–water partition coefficient (Wildman–Crippen LogP) is 1.01. The number of aliphatic hydroxyl groups excluding tert-OH is 2. The van der Waals surface area contributed by atoms with Gasteiger partial charge in [-0.05, 0) is 19.4 Å². The summed E-state index contributed by atoms with van der Waals surface area (Å²) in [6.45, 7) is 1.30. The second-order valence-corrected chi connectivity index (χ2v) is 10.3. The highest BCUT2D eigenvalue weighted by Crippen LogP contribution is 2.52. The third-order valence-electron chi connectivity index (χ3n) is 7.85. The van der Waals surface area contributed by atoms with Crippen LogP contribution in [-0.4, -0.2) is 80.9 Å². The van der Waals surface area contributed by atoms with E-state index in [1.54, 1.807) is 25.1 Å². The predicted molar refractivity (Wildman–Crippen MR) is 134 cm³/mol. The molecule has 2 aromatic carbocycles. The molecule has 8 N–H and O–H groups in total. The van der Waals surface area contributed by atoms with Crippen molar-refractivity contribution in [1.29, 1.82) is 5.41 Å². The number of nitrogens with two attached hydrogens (primary N) is 1. The highest BCUT2D eigenvalue weighted by Gasteiger charge is 2.47. The monoisotopic (exact) mass is 528 g/mol. The van der Waals surface area contributed by atoms with Gasteiger partial charge in [-0.3, -0.25) is 10.2 Å². The number of hydrogen-bond donors (Lipinski definition) is 7. The van der Waals surface area contributed by atoms with Crippen molar-refractivity contribution in [3.8, 4) is 17.2 Å². The number of aromatic hydroxyl groups is 2. The molecule has 0 unspecified atom stereocenters. The van der Waals surface area contributed by atoms with Gasteiger partial charge >= 0.3 is 0 Å². The molecule has 38 heavy (non-hydrogen) atoms. The van der Waals surface area contributed by atoms with Crippen molar-refractivity contribution < 1.29 is 44.5 Å². The summed E-state index contributed by atoms with van der Waals surface area (Å²) < 4.78 is 17.3. The summed E-state index contributed by atoms with van der Waals surface area (Å²) in [4.78, 5) is 13.7. The number of phenolic OH excluding ortho intramolecular Hbond substituents is 2. The molecule has 0 spiro atoms. The number of nitrogens with one attached hydrogen (secondary N) is 1. The van der Waals surface area contributed by atoms with Gasteiger partial charge in [-0.15, -0.1) is 0 Å². The fourth-order valence-electron chi connectivity index (χ4n) is 5.91. The van der Waals surface area contributed by atoms with Crippen molar-refractivity contribution in [3.05, 3.63) is 51.6 Å². The van der Waals surface area contributed by atoms with Crippen molar-refractivity contribution in [3.63, 3.8) is 0 Å². The molecule has 11 nitrogen and oxygen atoms in total. The number of ether oxygens (including phenoxy) is 3. The minimum Gasteiger partial charge on any atom is -0.507 e. The Morgan fingerprint density at radius 2 is 1.95 bits per heavy atom. The van der Waals surface area contributed by atoms with Crippen LogP contribution in [0.1, 0.15) is 70.5 Å². The average Bonchev–Trinajstić information content (AvgIpc) is 2.87. The van der Waals surface area contributed by atoms with Crippen LogP contribution in [-0.2, 0) is 15.9 Å². The van der Waals surface area contributed by atoms with Gasteiger partial charge in [0.15, 0.2) is 6.29 Å². The number of carbonyl (C=O) groups excluding carboxylic acids is 1. The summed E-state index contributed by atoms with van der Waals surface area (Å²) in [6.07, 6.45) is -3.66. The SMILES string of the molecule is COc1cccc2c1C(=O)c1c(O)c3c(c(O)c1C2=N)C[C@@](O)(CCO)C[C@@H]3O[C@H]1C[C@H](N)[C@@H](O)[C@H](C)O1. The molecule has 0 bridgehead atoms. The summed E-state index contributed by atoms with van der Waals surface area (Å²) in [5, 5.41) is 62.9. The van der Waals surface area contributed by atoms with E-state index in [9.17, 15) is 30.3 Å². The van der Waals surface area contributed by atoms with E-state index >= 15 is 0 Å². The molecule has 0 radical (unpaired) electrons. The van der Waals surface area contributed by atoms with E-state index in [0.717, 1.165) is 0 Å². The van der Waals surface area contributed by atoms with Crippen molar-refractivity contribution in [2.45, 2.75) is 68.9 Å². The fraction of sp³-hybridized carbons (Fsp3) is 0.481. The van der Waals surface area contributed by atoms with E-state index < -0.39 is 53.5 Å². The maximum absolute atomic E-state index is 13.7. The van der Waals surface area contributed by atoms with E-state index in [0.29, 0.717) is 0 Å². The Morgan fingerprint density at radius 3 is 2.61 bits per heavy atom. The number of carbonyl (C=O) groups is 1. The van der Waals surface area contributed by atoms with Crippen LogP contribution in [0, 0.1) is 5.41 Å². The summed E-state index contributed by atoms with van der Waals surface area (Å²) in [6, 6.07) is 4.12. The van der Waals surface area contributed by atoms with Crippen molar-refractivity contribution in [2.24, 2.45) is 5.73 Å². The van der Waals surface area contributed by atoms with Gasteiger partial charge in [0, 0.05) is 48.6 Å². The lowest BCUT2D eigenvalue weighted by Crippen LogP contribution is -2.52. The third kappa shape index (κ3) is 4.06. The molecule has 11 heteroatoms. The zero-order valence-corrected chi connectivity index (χ0v) is 21.1. The van der Waals surface area contributed by atoms with Crippen LogP contribution in [0.5, 0.6) is 17.2 Å². The van der Waals surface area contributed by atoms with Gasteiger partial charge in [-0.1, -0.05) is 12.1 Å². The van der Waals surface area contributed by atoms with E-state index in [4.69, 9.17) is 25.4 Å². The summed E-state index contributed by atoms with van der Waals surface area (Å²) >= 11 is 0. The highest BCUT2D eigenvalue weighted by atomic mass is 16.7. The van der Waals surface area contributed by atoms with Crippen LogP contribution in [0.4, 0.5) is 0 Å².